The average molecular weight is 522 g/mol. The van der Waals surface area contributed by atoms with Gasteiger partial charge in [-0.2, -0.15) is 0 Å². The van der Waals surface area contributed by atoms with E-state index in [4.69, 9.17) is 9.73 Å². The number of ether oxygens (including phenoxy) is 1. The number of nitrogens with one attached hydrogen (secondary N) is 3. The normalized spacial score (nSPS) is 15.7. The van der Waals surface area contributed by atoms with Crippen molar-refractivity contribution in [2.24, 2.45) is 10.4 Å². The highest BCUT2D eigenvalue weighted by atomic mass is 127. The summed E-state index contributed by atoms with van der Waals surface area (Å²) in [6.07, 6.45) is 7.03. The van der Waals surface area contributed by atoms with Crippen LogP contribution < -0.4 is 16.0 Å². The molecule has 6 nitrogen and oxygen atoms in total. The Morgan fingerprint density at radius 3 is 2.64 bits per heavy atom. The summed E-state index contributed by atoms with van der Waals surface area (Å²) < 4.78 is 5.31. The lowest BCUT2D eigenvalue weighted by Crippen LogP contribution is -2.39. The molecule has 1 saturated carbocycles. The van der Waals surface area contributed by atoms with Gasteiger partial charge >= 0.3 is 0 Å². The predicted molar refractivity (Wildman–Crippen MR) is 128 cm³/mol. The van der Waals surface area contributed by atoms with Crippen LogP contribution in [0.25, 0.3) is 0 Å². The molecule has 0 radical (unpaired) electrons. The maximum absolute atomic E-state index is 11.9. The highest BCUT2D eigenvalue weighted by Gasteiger charge is 2.33. The van der Waals surface area contributed by atoms with Crippen LogP contribution in [0.5, 0.6) is 0 Å². The summed E-state index contributed by atoms with van der Waals surface area (Å²) in [7, 11) is 1.77. The van der Waals surface area contributed by atoms with E-state index in [-0.39, 0.29) is 29.9 Å². The molecule has 160 valence electrons. The number of hydrogen-bond donors (Lipinski definition) is 3. The minimum Gasteiger partial charge on any atom is -0.385 e. The van der Waals surface area contributed by atoms with E-state index in [9.17, 15) is 4.79 Å². The van der Waals surface area contributed by atoms with Crippen LogP contribution in [0.1, 0.15) is 55.1 Å². The van der Waals surface area contributed by atoms with Crippen molar-refractivity contribution < 1.29 is 9.53 Å². The van der Waals surface area contributed by atoms with Gasteiger partial charge in [0.25, 0.3) is 5.91 Å². The van der Waals surface area contributed by atoms with Gasteiger partial charge in [-0.25, -0.2) is 0 Å². The van der Waals surface area contributed by atoms with Crippen LogP contribution in [0, 0.1) is 5.41 Å². The van der Waals surface area contributed by atoms with E-state index in [1.54, 1.807) is 7.11 Å². The number of rotatable bonds is 11. The molecule has 0 aliphatic heterocycles. The first-order valence-corrected chi connectivity index (χ1v) is 10.9. The summed E-state index contributed by atoms with van der Waals surface area (Å²) >= 11 is 1.46. The van der Waals surface area contributed by atoms with Crippen molar-refractivity contribution in [2.75, 3.05) is 39.9 Å². The second kappa shape index (κ2) is 14.2. The molecular weight excluding hydrogens is 487 g/mol. The first kappa shape index (κ1) is 25.2. The molecule has 0 bridgehead atoms. The van der Waals surface area contributed by atoms with Gasteiger partial charge in [0.1, 0.15) is 0 Å². The molecule has 0 aromatic carbocycles. The number of carbonyl (C=O) groups excluding carboxylic acids is 1. The average Bonchev–Trinajstić information content (AvgIpc) is 3.36. The lowest BCUT2D eigenvalue weighted by atomic mass is 9.83. The van der Waals surface area contributed by atoms with Crippen molar-refractivity contribution in [3.05, 3.63) is 22.4 Å². The largest absolute Gasteiger partial charge is 0.385 e. The highest BCUT2D eigenvalue weighted by Crippen LogP contribution is 2.41. The molecule has 28 heavy (non-hydrogen) atoms. The molecule has 1 aliphatic rings. The van der Waals surface area contributed by atoms with Crippen LogP contribution in [0.4, 0.5) is 0 Å². The summed E-state index contributed by atoms with van der Waals surface area (Å²) in [6.45, 7) is 6.01. The van der Waals surface area contributed by atoms with Gasteiger partial charge in [0, 0.05) is 39.9 Å². The first-order chi connectivity index (χ1) is 13.2. The van der Waals surface area contributed by atoms with E-state index < -0.39 is 0 Å². The van der Waals surface area contributed by atoms with E-state index in [0.717, 1.165) is 49.9 Å². The third-order valence-corrected chi connectivity index (χ3v) is 5.96. The van der Waals surface area contributed by atoms with Crippen LogP contribution in [0.3, 0.4) is 0 Å². The summed E-state index contributed by atoms with van der Waals surface area (Å²) in [5.74, 6) is 0.873. The number of thiophene rings is 1. The monoisotopic (exact) mass is 522 g/mol. The number of hydrogen-bond acceptors (Lipinski definition) is 4. The Hall–Kier alpha value is -0.870. The SMILES string of the molecule is CCNC(=NCC1(CCOC)CCCC1)NCCCNC(=O)c1cccs1.I. The lowest BCUT2D eigenvalue weighted by Gasteiger charge is -2.27. The summed E-state index contributed by atoms with van der Waals surface area (Å²) in [5.41, 5.74) is 0.299. The number of aliphatic imine (C=N–C) groups is 1. The minimum atomic E-state index is 0. The predicted octanol–water partition coefficient (Wildman–Crippen LogP) is 3.64. The Labute approximate surface area is 190 Å². The number of nitrogens with zero attached hydrogens (tertiary/aromatic N) is 1. The van der Waals surface area contributed by atoms with Crippen LogP contribution in [-0.4, -0.2) is 51.8 Å². The Morgan fingerprint density at radius 1 is 1.25 bits per heavy atom. The molecule has 0 unspecified atom stereocenters. The molecule has 1 heterocycles. The number of halogens is 1. The van der Waals surface area contributed by atoms with E-state index in [2.05, 4.69) is 22.9 Å². The Morgan fingerprint density at radius 2 is 2.00 bits per heavy atom. The second-order valence-corrected chi connectivity index (χ2v) is 8.11. The summed E-state index contributed by atoms with van der Waals surface area (Å²) in [5, 5.41) is 11.6. The van der Waals surface area contributed by atoms with E-state index in [1.807, 2.05) is 17.5 Å². The minimum absolute atomic E-state index is 0. The van der Waals surface area contributed by atoms with Gasteiger partial charge in [-0.1, -0.05) is 18.9 Å². The van der Waals surface area contributed by atoms with Crippen molar-refractivity contribution in [1.29, 1.82) is 0 Å². The van der Waals surface area contributed by atoms with Crippen molar-refractivity contribution >= 4 is 47.2 Å². The number of amides is 1. The maximum atomic E-state index is 11.9. The van der Waals surface area contributed by atoms with Gasteiger partial charge in [0.2, 0.25) is 0 Å². The fourth-order valence-electron chi connectivity index (χ4n) is 3.51. The topological polar surface area (TPSA) is 74.8 Å². The Balaban J connectivity index is 0.00000392. The van der Waals surface area contributed by atoms with Gasteiger partial charge in [0.15, 0.2) is 5.96 Å². The molecule has 1 aromatic heterocycles. The molecular formula is C20H35IN4O2S. The van der Waals surface area contributed by atoms with E-state index in [1.165, 1.54) is 37.0 Å². The smallest absolute Gasteiger partial charge is 0.261 e. The number of carbonyl (C=O) groups is 1. The summed E-state index contributed by atoms with van der Waals surface area (Å²) in [6, 6.07) is 3.74. The number of methoxy groups -OCH3 is 1. The highest BCUT2D eigenvalue weighted by molar-refractivity contribution is 14.0. The van der Waals surface area contributed by atoms with Gasteiger partial charge in [-0.15, -0.1) is 35.3 Å². The van der Waals surface area contributed by atoms with Crippen molar-refractivity contribution in [1.82, 2.24) is 16.0 Å². The third kappa shape index (κ3) is 8.65. The number of guanidine groups is 1. The molecule has 1 fully saturated rings. The van der Waals surface area contributed by atoms with Gasteiger partial charge in [-0.05, 0) is 49.5 Å². The zero-order chi connectivity index (χ0) is 19.4. The van der Waals surface area contributed by atoms with Crippen LogP contribution in [-0.2, 0) is 4.74 Å². The molecule has 0 spiro atoms. The standard InChI is InChI=1S/C20H34N4O2S.HI/c1-3-21-19(24-16-20(11-14-26-2)9-4-5-10-20)23-13-7-12-22-18(25)17-8-6-15-27-17;/h6,8,15H,3-5,7,9-14,16H2,1-2H3,(H,22,25)(H2,21,23,24);1H. The van der Waals surface area contributed by atoms with Crippen molar-refractivity contribution in [3.63, 3.8) is 0 Å². The molecule has 0 saturated heterocycles. The quantitative estimate of drug-likeness (QED) is 0.180. The molecule has 1 aromatic rings. The van der Waals surface area contributed by atoms with E-state index >= 15 is 0 Å². The lowest BCUT2D eigenvalue weighted by molar-refractivity contribution is 0.0957. The van der Waals surface area contributed by atoms with Gasteiger partial charge in [0.05, 0.1) is 4.88 Å². The molecule has 2 rings (SSSR count). The maximum Gasteiger partial charge on any atom is 0.261 e. The summed E-state index contributed by atoms with van der Waals surface area (Å²) in [4.78, 5) is 17.5. The molecule has 1 amide bonds. The van der Waals surface area contributed by atoms with Crippen molar-refractivity contribution in [3.8, 4) is 0 Å². The van der Waals surface area contributed by atoms with Gasteiger partial charge < -0.3 is 20.7 Å². The zero-order valence-corrected chi connectivity index (χ0v) is 20.2. The Kier molecular flexibility index (Phi) is 12.7. The fourth-order valence-corrected chi connectivity index (χ4v) is 4.15. The van der Waals surface area contributed by atoms with Gasteiger partial charge in [-0.3, -0.25) is 9.79 Å². The molecule has 3 N–H and O–H groups in total. The third-order valence-electron chi connectivity index (χ3n) is 5.09. The van der Waals surface area contributed by atoms with E-state index in [0.29, 0.717) is 12.0 Å². The molecule has 1 aliphatic carbocycles. The second-order valence-electron chi connectivity index (χ2n) is 7.16. The van der Waals surface area contributed by atoms with Crippen LogP contribution in [0.2, 0.25) is 0 Å². The van der Waals surface area contributed by atoms with Crippen LogP contribution >= 0.6 is 35.3 Å². The van der Waals surface area contributed by atoms with Crippen molar-refractivity contribution in [2.45, 2.75) is 45.4 Å². The molecule has 0 atom stereocenters. The van der Waals surface area contributed by atoms with Crippen LogP contribution in [0.15, 0.2) is 22.5 Å². The first-order valence-electron chi connectivity index (χ1n) is 10.0. The Bertz CT molecular complexity index is 575. The zero-order valence-electron chi connectivity index (χ0n) is 17.1. The molecule has 8 heteroatoms. The fraction of sp³-hybridized carbons (Fsp3) is 0.700.